The molecular formula is C14H17N3O. The van der Waals surface area contributed by atoms with E-state index in [9.17, 15) is 0 Å². The third-order valence-corrected chi connectivity index (χ3v) is 3.38. The van der Waals surface area contributed by atoms with Crippen molar-refractivity contribution < 1.29 is 4.74 Å². The van der Waals surface area contributed by atoms with Gasteiger partial charge in [0.1, 0.15) is 6.10 Å². The molecule has 1 aliphatic carbocycles. The molecule has 1 fully saturated rings. The number of fused-ring (bicyclic) bond motifs is 1. The fourth-order valence-electron chi connectivity index (χ4n) is 2.46. The average Bonchev–Trinajstić information content (AvgIpc) is 2.39. The molecule has 1 aliphatic rings. The Morgan fingerprint density at radius 3 is 2.83 bits per heavy atom. The maximum absolute atomic E-state index is 5.95. The Hall–Kier alpha value is -1.68. The van der Waals surface area contributed by atoms with Crippen LogP contribution in [0.4, 0.5) is 0 Å². The predicted molar refractivity (Wildman–Crippen MR) is 70.4 cm³/mol. The van der Waals surface area contributed by atoms with Crippen molar-refractivity contribution in [2.45, 2.75) is 37.8 Å². The van der Waals surface area contributed by atoms with E-state index in [2.05, 4.69) is 9.97 Å². The summed E-state index contributed by atoms with van der Waals surface area (Å²) in [5.74, 6) is 0.604. The Morgan fingerprint density at radius 2 is 2.00 bits per heavy atom. The Balaban J connectivity index is 1.78. The minimum Gasteiger partial charge on any atom is -0.473 e. The molecule has 4 nitrogen and oxygen atoms in total. The molecule has 2 unspecified atom stereocenters. The van der Waals surface area contributed by atoms with Crippen molar-refractivity contribution in [1.29, 1.82) is 0 Å². The lowest BCUT2D eigenvalue weighted by atomic mass is 9.94. The van der Waals surface area contributed by atoms with Crippen molar-refractivity contribution >= 4 is 11.0 Å². The molecule has 1 heterocycles. The normalized spacial score (nSPS) is 24.1. The zero-order valence-electron chi connectivity index (χ0n) is 10.2. The molecule has 2 N–H and O–H groups in total. The van der Waals surface area contributed by atoms with E-state index < -0.39 is 0 Å². The Labute approximate surface area is 106 Å². The van der Waals surface area contributed by atoms with Gasteiger partial charge in [-0.05, 0) is 37.8 Å². The summed E-state index contributed by atoms with van der Waals surface area (Å²) < 4.78 is 5.88. The molecule has 0 spiro atoms. The number of hydrogen-bond donors (Lipinski definition) is 1. The molecule has 0 bridgehead atoms. The smallest absolute Gasteiger partial charge is 0.233 e. The van der Waals surface area contributed by atoms with E-state index in [-0.39, 0.29) is 12.1 Å². The first-order valence-corrected chi connectivity index (χ1v) is 6.45. The largest absolute Gasteiger partial charge is 0.473 e. The lowest BCUT2D eigenvalue weighted by Gasteiger charge is -2.26. The second-order valence-electron chi connectivity index (χ2n) is 4.86. The fraction of sp³-hybridized carbons (Fsp3) is 0.429. The number of nitrogens with zero attached hydrogens (tertiary/aromatic N) is 2. The van der Waals surface area contributed by atoms with Gasteiger partial charge in [-0.1, -0.05) is 12.1 Å². The second kappa shape index (κ2) is 4.90. The van der Waals surface area contributed by atoms with Gasteiger partial charge in [0.2, 0.25) is 5.88 Å². The summed E-state index contributed by atoms with van der Waals surface area (Å²) in [6.07, 6.45) is 6.08. The molecular weight excluding hydrogens is 226 g/mol. The summed E-state index contributed by atoms with van der Waals surface area (Å²) in [6.45, 7) is 0. The monoisotopic (exact) mass is 243 g/mol. The van der Waals surface area contributed by atoms with Crippen LogP contribution in [0.3, 0.4) is 0 Å². The first kappa shape index (κ1) is 11.4. The van der Waals surface area contributed by atoms with Crippen LogP contribution in [0.15, 0.2) is 30.5 Å². The molecule has 3 rings (SSSR count). The summed E-state index contributed by atoms with van der Waals surface area (Å²) in [5.41, 5.74) is 7.72. The average molecular weight is 243 g/mol. The van der Waals surface area contributed by atoms with Gasteiger partial charge in [0.05, 0.1) is 17.2 Å². The summed E-state index contributed by atoms with van der Waals surface area (Å²) in [6, 6.07) is 8.07. The van der Waals surface area contributed by atoms with Crippen molar-refractivity contribution in [2.75, 3.05) is 0 Å². The van der Waals surface area contributed by atoms with Crippen LogP contribution in [0.5, 0.6) is 5.88 Å². The number of nitrogens with two attached hydrogens (primary N) is 1. The summed E-state index contributed by atoms with van der Waals surface area (Å²) >= 11 is 0. The molecule has 4 heteroatoms. The van der Waals surface area contributed by atoms with Gasteiger partial charge in [0.15, 0.2) is 0 Å². The molecule has 1 aromatic carbocycles. The lowest BCUT2D eigenvalue weighted by molar-refractivity contribution is 0.138. The van der Waals surface area contributed by atoms with Crippen LogP contribution >= 0.6 is 0 Å². The van der Waals surface area contributed by atoms with Crippen molar-refractivity contribution in [3.05, 3.63) is 30.5 Å². The molecule has 0 radical (unpaired) electrons. The number of aromatic nitrogens is 2. The maximum Gasteiger partial charge on any atom is 0.233 e. The third kappa shape index (κ3) is 2.43. The molecule has 18 heavy (non-hydrogen) atoms. The molecule has 0 saturated heterocycles. The van der Waals surface area contributed by atoms with Gasteiger partial charge in [0, 0.05) is 6.04 Å². The summed E-state index contributed by atoms with van der Waals surface area (Å²) in [5, 5.41) is 0. The van der Waals surface area contributed by atoms with E-state index in [0.29, 0.717) is 5.88 Å². The summed E-state index contributed by atoms with van der Waals surface area (Å²) in [7, 11) is 0. The van der Waals surface area contributed by atoms with E-state index in [1.54, 1.807) is 6.20 Å². The predicted octanol–water partition coefficient (Wildman–Crippen LogP) is 2.28. The number of hydrogen-bond acceptors (Lipinski definition) is 4. The first-order chi connectivity index (χ1) is 8.81. The molecule has 1 aromatic heterocycles. The zero-order valence-corrected chi connectivity index (χ0v) is 10.2. The van der Waals surface area contributed by atoms with Crippen molar-refractivity contribution in [3.8, 4) is 5.88 Å². The van der Waals surface area contributed by atoms with E-state index >= 15 is 0 Å². The topological polar surface area (TPSA) is 61.0 Å². The van der Waals surface area contributed by atoms with Gasteiger partial charge in [-0.15, -0.1) is 0 Å². The number of ether oxygens (including phenoxy) is 1. The maximum atomic E-state index is 5.95. The van der Waals surface area contributed by atoms with Crippen molar-refractivity contribution in [1.82, 2.24) is 9.97 Å². The van der Waals surface area contributed by atoms with Crippen LogP contribution in [0.25, 0.3) is 11.0 Å². The summed E-state index contributed by atoms with van der Waals surface area (Å²) in [4.78, 5) is 8.82. The van der Waals surface area contributed by atoms with E-state index in [0.717, 1.165) is 36.7 Å². The van der Waals surface area contributed by atoms with Gasteiger partial charge in [-0.3, -0.25) is 0 Å². The van der Waals surface area contributed by atoms with Gasteiger partial charge in [-0.25, -0.2) is 9.97 Å². The molecule has 2 atom stereocenters. The Bertz CT molecular complexity index is 543. The number of rotatable bonds is 2. The zero-order chi connectivity index (χ0) is 12.4. The van der Waals surface area contributed by atoms with Crippen LogP contribution in [-0.4, -0.2) is 22.1 Å². The fourth-order valence-corrected chi connectivity index (χ4v) is 2.46. The number of benzene rings is 1. The second-order valence-corrected chi connectivity index (χ2v) is 4.86. The van der Waals surface area contributed by atoms with E-state index in [4.69, 9.17) is 10.5 Å². The quantitative estimate of drug-likeness (QED) is 0.879. The highest BCUT2D eigenvalue weighted by Crippen LogP contribution is 2.22. The van der Waals surface area contributed by atoms with Crippen LogP contribution in [-0.2, 0) is 0 Å². The molecule has 94 valence electrons. The molecule has 0 aliphatic heterocycles. The standard InChI is InChI=1S/C14H17N3O/c15-10-4-3-5-11(8-10)18-14-9-16-12-6-1-2-7-13(12)17-14/h1-2,6-7,9-11H,3-5,8,15H2. The minimum absolute atomic E-state index is 0.184. The van der Waals surface area contributed by atoms with E-state index in [1.165, 1.54) is 0 Å². The SMILES string of the molecule is NC1CCCC(Oc2cnc3ccccc3n2)C1. The Morgan fingerprint density at radius 1 is 1.17 bits per heavy atom. The van der Waals surface area contributed by atoms with E-state index in [1.807, 2.05) is 24.3 Å². The van der Waals surface area contributed by atoms with Crippen molar-refractivity contribution in [3.63, 3.8) is 0 Å². The first-order valence-electron chi connectivity index (χ1n) is 6.45. The number of para-hydroxylation sites is 2. The third-order valence-electron chi connectivity index (χ3n) is 3.38. The van der Waals surface area contributed by atoms with Gasteiger partial charge in [-0.2, -0.15) is 0 Å². The highest BCUT2D eigenvalue weighted by Gasteiger charge is 2.21. The van der Waals surface area contributed by atoms with Crippen LogP contribution in [0.2, 0.25) is 0 Å². The highest BCUT2D eigenvalue weighted by atomic mass is 16.5. The highest BCUT2D eigenvalue weighted by molar-refractivity contribution is 5.73. The molecule has 1 saturated carbocycles. The molecule has 2 aromatic rings. The Kier molecular flexibility index (Phi) is 3.11. The lowest BCUT2D eigenvalue weighted by Crippen LogP contribution is -2.33. The van der Waals surface area contributed by atoms with Gasteiger partial charge < -0.3 is 10.5 Å². The van der Waals surface area contributed by atoms with Crippen molar-refractivity contribution in [2.24, 2.45) is 5.73 Å². The van der Waals surface area contributed by atoms with Crippen LogP contribution in [0, 0.1) is 0 Å². The van der Waals surface area contributed by atoms with Crippen LogP contribution < -0.4 is 10.5 Å². The minimum atomic E-state index is 0.184. The van der Waals surface area contributed by atoms with Gasteiger partial charge >= 0.3 is 0 Å². The van der Waals surface area contributed by atoms with Crippen LogP contribution in [0.1, 0.15) is 25.7 Å². The van der Waals surface area contributed by atoms with Gasteiger partial charge in [0.25, 0.3) is 0 Å². The molecule has 0 amide bonds.